The number of carbonyl (C=O) groups is 3. The summed E-state index contributed by atoms with van der Waals surface area (Å²) in [6, 6.07) is 0. The quantitative estimate of drug-likeness (QED) is 0.0261. The molecule has 0 aromatic heterocycles. The van der Waals surface area contributed by atoms with Gasteiger partial charge in [-0.1, -0.05) is 318 Å². The second kappa shape index (κ2) is 70.1. The van der Waals surface area contributed by atoms with Crippen LogP contribution in [-0.4, -0.2) is 37.2 Å². The van der Waals surface area contributed by atoms with Gasteiger partial charge in [0.1, 0.15) is 13.2 Å². The first kappa shape index (κ1) is 78.6. The van der Waals surface area contributed by atoms with E-state index in [2.05, 4.69) is 106 Å². The van der Waals surface area contributed by atoms with Crippen molar-refractivity contribution in [1.29, 1.82) is 0 Å². The minimum Gasteiger partial charge on any atom is -0.462 e. The number of allylic oxidation sites excluding steroid dienone is 14. The van der Waals surface area contributed by atoms with Gasteiger partial charge >= 0.3 is 17.9 Å². The van der Waals surface area contributed by atoms with Crippen LogP contribution in [-0.2, 0) is 28.6 Å². The van der Waals surface area contributed by atoms with E-state index in [1.54, 1.807) is 0 Å². The molecule has 1 unspecified atom stereocenters. The van der Waals surface area contributed by atoms with Crippen LogP contribution >= 0.6 is 0 Å². The second-order valence-corrected chi connectivity index (χ2v) is 23.8. The standard InChI is InChI=1S/C76H134O6/c1-4-7-10-13-16-19-22-25-28-30-31-32-33-34-35-36-37-38-39-40-41-42-43-44-45-47-48-51-54-57-60-63-66-69-75(78)81-72-73(71-80-74(77)68-65-62-59-56-53-50-27-24-21-18-15-12-9-6-3)82-76(79)70-67-64-61-58-55-52-49-46-29-26-23-20-17-14-11-8-5-2/h8,11,15,17-18,20,24,26-27,29-31,49,52,73H,4-7,9-10,12-14,16,19,21-23,25,28,32-48,50-51,53-72H2,1-3H3/b11-8-,18-15-,20-17-,27-24-,29-26-,31-30-,52-49-. The van der Waals surface area contributed by atoms with Gasteiger partial charge in [0, 0.05) is 19.3 Å². The molecule has 0 spiro atoms. The van der Waals surface area contributed by atoms with Gasteiger partial charge in [-0.05, 0) is 109 Å². The molecule has 6 heteroatoms. The smallest absolute Gasteiger partial charge is 0.306 e. The molecule has 0 amide bonds. The van der Waals surface area contributed by atoms with E-state index >= 15 is 0 Å². The Kier molecular flexibility index (Phi) is 67.2. The van der Waals surface area contributed by atoms with Gasteiger partial charge in [0.2, 0.25) is 0 Å². The van der Waals surface area contributed by atoms with Crippen LogP contribution in [0.15, 0.2) is 85.1 Å². The average molecular weight is 1140 g/mol. The van der Waals surface area contributed by atoms with Crippen molar-refractivity contribution in [3.8, 4) is 0 Å². The Hall–Kier alpha value is -3.41. The molecule has 82 heavy (non-hydrogen) atoms. The molecule has 0 aliphatic rings. The highest BCUT2D eigenvalue weighted by Crippen LogP contribution is 2.18. The Morgan fingerprint density at radius 2 is 0.488 bits per heavy atom. The molecule has 0 bridgehead atoms. The summed E-state index contributed by atoms with van der Waals surface area (Å²) in [5, 5.41) is 0. The Morgan fingerprint density at radius 1 is 0.256 bits per heavy atom. The van der Waals surface area contributed by atoms with Crippen LogP contribution in [0, 0.1) is 0 Å². The zero-order valence-electron chi connectivity index (χ0n) is 54.5. The lowest BCUT2D eigenvalue weighted by Crippen LogP contribution is -2.30. The summed E-state index contributed by atoms with van der Waals surface area (Å²) in [5.41, 5.74) is 0. The van der Waals surface area contributed by atoms with Gasteiger partial charge < -0.3 is 14.2 Å². The van der Waals surface area contributed by atoms with Crippen LogP contribution in [0.25, 0.3) is 0 Å². The maximum absolute atomic E-state index is 12.9. The van der Waals surface area contributed by atoms with Gasteiger partial charge in [0.05, 0.1) is 0 Å². The Bertz CT molecular complexity index is 1550. The van der Waals surface area contributed by atoms with Crippen LogP contribution < -0.4 is 0 Å². The summed E-state index contributed by atoms with van der Waals surface area (Å²) in [7, 11) is 0. The molecule has 6 nitrogen and oxygen atoms in total. The summed E-state index contributed by atoms with van der Waals surface area (Å²) in [4.78, 5) is 38.4. The van der Waals surface area contributed by atoms with Crippen LogP contribution in [0.1, 0.15) is 361 Å². The largest absolute Gasteiger partial charge is 0.462 e. The molecule has 1 atom stereocenters. The third-order valence-corrected chi connectivity index (χ3v) is 15.6. The van der Waals surface area contributed by atoms with E-state index in [0.29, 0.717) is 19.3 Å². The fourth-order valence-corrected chi connectivity index (χ4v) is 10.3. The summed E-state index contributed by atoms with van der Waals surface area (Å²) < 4.78 is 16.9. The average Bonchev–Trinajstić information content (AvgIpc) is 3.48. The number of esters is 3. The normalized spacial score (nSPS) is 12.6. The third kappa shape index (κ3) is 67.4. The van der Waals surface area contributed by atoms with Gasteiger partial charge in [-0.25, -0.2) is 0 Å². The first-order valence-electron chi connectivity index (χ1n) is 35.6. The molecule has 0 saturated carbocycles. The van der Waals surface area contributed by atoms with Crippen LogP contribution in [0.5, 0.6) is 0 Å². The first-order valence-corrected chi connectivity index (χ1v) is 35.6. The van der Waals surface area contributed by atoms with Gasteiger partial charge in [-0.2, -0.15) is 0 Å². The molecule has 0 radical (unpaired) electrons. The van der Waals surface area contributed by atoms with E-state index in [4.69, 9.17) is 14.2 Å². The monoisotopic (exact) mass is 1140 g/mol. The SMILES string of the molecule is CC/C=C\C/C=C\C/C=C\C/C=C\CCCCCCC(=O)OC(COC(=O)CCCCCCC/C=C\C/C=C\CCCC)COC(=O)CCCCCCCCCCCCCCCCCCCCCCC/C=C\CCCCCCCCCC. The zero-order chi connectivity index (χ0) is 59.2. The summed E-state index contributed by atoms with van der Waals surface area (Å²) in [6.45, 7) is 6.49. The van der Waals surface area contributed by atoms with Crippen molar-refractivity contribution >= 4 is 17.9 Å². The second-order valence-electron chi connectivity index (χ2n) is 23.8. The Balaban J connectivity index is 4.17. The fourth-order valence-electron chi connectivity index (χ4n) is 10.3. The number of unbranched alkanes of at least 4 members (excludes halogenated alkanes) is 40. The predicted octanol–water partition coefficient (Wildman–Crippen LogP) is 24.6. The summed E-state index contributed by atoms with van der Waals surface area (Å²) in [6.07, 6.45) is 93.5. The molecule has 0 aliphatic carbocycles. The molecule has 0 saturated heterocycles. The topological polar surface area (TPSA) is 78.9 Å². The molecule has 0 aliphatic heterocycles. The molecule has 0 aromatic carbocycles. The molecule has 0 rings (SSSR count). The van der Waals surface area contributed by atoms with Crippen molar-refractivity contribution < 1.29 is 28.6 Å². The Labute approximate surface area is 509 Å². The van der Waals surface area contributed by atoms with Crippen molar-refractivity contribution in [2.24, 2.45) is 0 Å². The molecule has 474 valence electrons. The third-order valence-electron chi connectivity index (χ3n) is 15.6. The highest BCUT2D eigenvalue weighted by molar-refractivity contribution is 5.71. The lowest BCUT2D eigenvalue weighted by atomic mass is 10.0. The Morgan fingerprint density at radius 3 is 0.793 bits per heavy atom. The number of ether oxygens (including phenoxy) is 3. The molecule has 0 heterocycles. The van der Waals surface area contributed by atoms with Crippen molar-refractivity contribution in [3.63, 3.8) is 0 Å². The van der Waals surface area contributed by atoms with E-state index in [1.807, 2.05) is 0 Å². The summed E-state index contributed by atoms with van der Waals surface area (Å²) >= 11 is 0. The summed E-state index contributed by atoms with van der Waals surface area (Å²) in [5.74, 6) is -0.912. The van der Waals surface area contributed by atoms with Crippen LogP contribution in [0.4, 0.5) is 0 Å². The molecular formula is C76H134O6. The lowest BCUT2D eigenvalue weighted by Gasteiger charge is -2.18. The van der Waals surface area contributed by atoms with E-state index in [1.165, 1.54) is 199 Å². The van der Waals surface area contributed by atoms with E-state index in [9.17, 15) is 14.4 Å². The molecule has 0 N–H and O–H groups in total. The highest BCUT2D eigenvalue weighted by Gasteiger charge is 2.19. The fraction of sp³-hybridized carbons (Fsp3) is 0.776. The lowest BCUT2D eigenvalue weighted by molar-refractivity contribution is -0.167. The van der Waals surface area contributed by atoms with E-state index < -0.39 is 6.10 Å². The van der Waals surface area contributed by atoms with Gasteiger partial charge in [0.15, 0.2) is 6.10 Å². The van der Waals surface area contributed by atoms with Crippen LogP contribution in [0.2, 0.25) is 0 Å². The van der Waals surface area contributed by atoms with Crippen LogP contribution in [0.3, 0.4) is 0 Å². The number of hydrogen-bond donors (Lipinski definition) is 0. The zero-order valence-corrected chi connectivity index (χ0v) is 54.5. The highest BCUT2D eigenvalue weighted by atomic mass is 16.6. The van der Waals surface area contributed by atoms with Crippen molar-refractivity contribution in [2.75, 3.05) is 13.2 Å². The minimum absolute atomic E-state index is 0.0887. The van der Waals surface area contributed by atoms with Gasteiger partial charge in [-0.3, -0.25) is 14.4 Å². The minimum atomic E-state index is -0.796. The van der Waals surface area contributed by atoms with Crippen molar-refractivity contribution in [1.82, 2.24) is 0 Å². The van der Waals surface area contributed by atoms with E-state index in [0.717, 1.165) is 122 Å². The number of rotatable bonds is 65. The maximum atomic E-state index is 12.9. The van der Waals surface area contributed by atoms with E-state index in [-0.39, 0.29) is 31.1 Å². The molecule has 0 fully saturated rings. The number of hydrogen-bond acceptors (Lipinski definition) is 6. The maximum Gasteiger partial charge on any atom is 0.306 e. The van der Waals surface area contributed by atoms with Crippen molar-refractivity contribution in [3.05, 3.63) is 85.1 Å². The number of carbonyl (C=O) groups excluding carboxylic acids is 3. The van der Waals surface area contributed by atoms with Crippen molar-refractivity contribution in [2.45, 2.75) is 367 Å². The molecule has 0 aromatic rings. The van der Waals surface area contributed by atoms with Gasteiger partial charge in [-0.15, -0.1) is 0 Å². The predicted molar refractivity (Wildman–Crippen MR) is 358 cm³/mol. The van der Waals surface area contributed by atoms with Gasteiger partial charge in [0.25, 0.3) is 0 Å². The molecular weight excluding hydrogens is 1010 g/mol. The first-order chi connectivity index (χ1) is 40.5.